The molecule has 0 aliphatic heterocycles. The molecule has 6 nitrogen and oxygen atoms in total. The average molecular weight is 673 g/mol. The number of alkyl halides is 3. The third kappa shape index (κ3) is 7.04. The van der Waals surface area contributed by atoms with Crippen LogP contribution in [0.25, 0.3) is 0 Å². The minimum atomic E-state index is -5.10. The number of hydrogen-bond donors (Lipinski definition) is 1. The van der Waals surface area contributed by atoms with E-state index in [1.807, 2.05) is 32.9 Å². The number of benzene rings is 2. The van der Waals surface area contributed by atoms with E-state index in [0.717, 1.165) is 53.7 Å². The number of rotatable bonds is 12. The van der Waals surface area contributed by atoms with Gasteiger partial charge < -0.3 is 24.1 Å². The van der Waals surface area contributed by atoms with Crippen molar-refractivity contribution in [2.75, 3.05) is 21.3 Å². The van der Waals surface area contributed by atoms with Crippen molar-refractivity contribution in [3.05, 3.63) is 82.0 Å². The van der Waals surface area contributed by atoms with E-state index < -0.39 is 34.9 Å². The number of carbonyl (C=O) groups excluding carboxylic acids is 1. The number of carbonyl (C=O) groups is 1. The molecule has 2 aliphatic carbocycles. The number of halogens is 3. The first-order chi connectivity index (χ1) is 22.4. The van der Waals surface area contributed by atoms with E-state index in [1.165, 1.54) is 24.3 Å². The molecule has 0 heterocycles. The van der Waals surface area contributed by atoms with Crippen LogP contribution in [0, 0.1) is 17.8 Å². The van der Waals surface area contributed by atoms with Crippen molar-refractivity contribution in [1.29, 1.82) is 0 Å². The highest BCUT2D eigenvalue weighted by Gasteiger charge is 2.66. The Morgan fingerprint density at radius 3 is 2.27 bits per heavy atom. The Labute approximate surface area is 283 Å². The summed E-state index contributed by atoms with van der Waals surface area (Å²) < 4.78 is 67.4. The van der Waals surface area contributed by atoms with Crippen LogP contribution in [0.5, 0.6) is 11.5 Å². The van der Waals surface area contributed by atoms with Crippen LogP contribution in [-0.4, -0.2) is 50.3 Å². The number of aryl methyl sites for hydroxylation is 1. The van der Waals surface area contributed by atoms with Crippen molar-refractivity contribution in [2.24, 2.45) is 10.8 Å². The van der Waals surface area contributed by atoms with Gasteiger partial charge in [0.2, 0.25) is 0 Å². The molecule has 1 saturated carbocycles. The summed E-state index contributed by atoms with van der Waals surface area (Å²) in [5.74, 6) is 0.00759. The Balaban J connectivity index is 1.82. The first-order valence-electron chi connectivity index (χ1n) is 16.5. The normalized spacial score (nSPS) is 24.6. The molecule has 1 N–H and O–H groups in total. The number of allylic oxidation sites excluding steroid dienone is 3. The first-order valence-corrected chi connectivity index (χ1v) is 16.5. The average Bonchev–Trinajstić information content (AvgIpc) is 3.31. The molecule has 48 heavy (non-hydrogen) atoms. The molecule has 0 aromatic heterocycles. The third-order valence-electron chi connectivity index (χ3n) is 10.7. The fraction of sp³-hybridized carbons (Fsp3) is 0.564. The van der Waals surface area contributed by atoms with Gasteiger partial charge in [-0.1, -0.05) is 67.8 Å². The Hall–Kier alpha value is -3.30. The topological polar surface area (TPSA) is 74.2 Å². The van der Waals surface area contributed by atoms with E-state index in [2.05, 4.69) is 13.0 Å². The van der Waals surface area contributed by atoms with Gasteiger partial charge in [-0.25, -0.2) is 4.79 Å². The number of hydrogen-bond acceptors (Lipinski definition) is 6. The largest absolute Gasteiger partial charge is 0.497 e. The predicted octanol–water partition coefficient (Wildman–Crippen LogP) is 8.96. The maximum atomic E-state index is 15.0. The molecule has 0 amide bonds. The summed E-state index contributed by atoms with van der Waals surface area (Å²) in [6.45, 7) is 11.5. The van der Waals surface area contributed by atoms with Crippen LogP contribution >= 0.6 is 0 Å². The van der Waals surface area contributed by atoms with Crippen LogP contribution in [-0.2, 0) is 26.3 Å². The van der Waals surface area contributed by atoms with E-state index in [1.54, 1.807) is 34.1 Å². The van der Waals surface area contributed by atoms with E-state index in [0.29, 0.717) is 31.3 Å². The zero-order chi connectivity index (χ0) is 35.7. The van der Waals surface area contributed by atoms with E-state index in [4.69, 9.17) is 18.9 Å². The van der Waals surface area contributed by atoms with Gasteiger partial charge in [-0.15, -0.1) is 0 Å². The third-order valence-corrected chi connectivity index (χ3v) is 10.7. The summed E-state index contributed by atoms with van der Waals surface area (Å²) >= 11 is 0. The molecule has 0 bridgehead atoms. The molecular formula is C39H51F3O6. The minimum Gasteiger partial charge on any atom is -0.497 e. The van der Waals surface area contributed by atoms with E-state index in [-0.39, 0.29) is 17.4 Å². The molecule has 4 atom stereocenters. The number of ether oxygens (including phenoxy) is 4. The van der Waals surface area contributed by atoms with Crippen LogP contribution < -0.4 is 9.47 Å². The molecule has 4 rings (SSSR count). The monoisotopic (exact) mass is 672 g/mol. The Bertz CT molecular complexity index is 1540. The van der Waals surface area contributed by atoms with Gasteiger partial charge in [0, 0.05) is 30.1 Å². The summed E-state index contributed by atoms with van der Waals surface area (Å²) in [6.07, 6.45) is 0.296. The zero-order valence-corrected chi connectivity index (χ0v) is 29.8. The lowest BCUT2D eigenvalue weighted by Gasteiger charge is -2.52. The summed E-state index contributed by atoms with van der Waals surface area (Å²) in [4.78, 5) is 14.1. The molecule has 9 heteroatoms. The lowest BCUT2D eigenvalue weighted by molar-refractivity contribution is -0.280. The number of fused-ring (bicyclic) bond motifs is 1. The first kappa shape index (κ1) is 37.5. The molecule has 2 aromatic carbocycles. The molecule has 0 unspecified atom stereocenters. The lowest BCUT2D eigenvalue weighted by Crippen LogP contribution is -2.56. The second kappa shape index (κ2) is 13.9. The Morgan fingerprint density at radius 2 is 1.71 bits per heavy atom. The number of aliphatic hydroxyl groups is 1. The molecule has 264 valence electrons. The van der Waals surface area contributed by atoms with Gasteiger partial charge in [0.1, 0.15) is 17.6 Å². The summed E-state index contributed by atoms with van der Waals surface area (Å²) in [5, 5.41) is 11.1. The van der Waals surface area contributed by atoms with Crippen molar-refractivity contribution in [3.8, 4) is 11.5 Å². The zero-order valence-electron chi connectivity index (χ0n) is 29.8. The molecule has 0 radical (unpaired) electrons. The van der Waals surface area contributed by atoms with Crippen LogP contribution in [0.3, 0.4) is 0 Å². The van der Waals surface area contributed by atoms with Gasteiger partial charge in [0.25, 0.3) is 5.60 Å². The van der Waals surface area contributed by atoms with Gasteiger partial charge in [0.15, 0.2) is 0 Å². The van der Waals surface area contributed by atoms with Crippen LogP contribution in [0.15, 0.2) is 65.3 Å². The SMILES string of the molecule is COc1cc(C)c(OC)c(C/C=C(\C)CC2=C(CC(C)(C)O)[C@H](OC(=O)[C@](OC)(c3ccccc3)C(F)(F)F)[C@]3(C)CCC[C@]3(C)C2)c1. The van der Waals surface area contributed by atoms with Crippen molar-refractivity contribution in [2.45, 2.75) is 110 Å². The molecule has 0 saturated heterocycles. The summed E-state index contributed by atoms with van der Waals surface area (Å²) in [6, 6.07) is 10.8. The highest BCUT2D eigenvalue weighted by molar-refractivity contribution is 5.83. The van der Waals surface area contributed by atoms with Gasteiger partial charge >= 0.3 is 12.1 Å². The number of esters is 1. The smallest absolute Gasteiger partial charge is 0.432 e. The summed E-state index contributed by atoms with van der Waals surface area (Å²) in [5.41, 5.74) is -1.25. The van der Waals surface area contributed by atoms with Crippen LogP contribution in [0.1, 0.15) is 89.8 Å². The van der Waals surface area contributed by atoms with Crippen molar-refractivity contribution in [1.82, 2.24) is 0 Å². The molecule has 2 aliphatic rings. The van der Waals surface area contributed by atoms with Crippen LogP contribution in [0.4, 0.5) is 13.2 Å². The summed E-state index contributed by atoms with van der Waals surface area (Å²) in [7, 11) is 4.15. The van der Waals surface area contributed by atoms with E-state index in [9.17, 15) is 23.1 Å². The standard InChI is InChI=1S/C39H51F3O6/c1-25(16-17-27-22-30(45-7)21-26(2)32(27)46-8)20-28-23-36(5)18-13-19-37(36,6)33(31(28)24-35(3,4)44)48-34(43)38(47-9,39(40,41)42)29-14-11-10-12-15-29/h10-12,14-16,21-22,33,44H,13,17-20,23-24H2,1-9H3/b25-16+/t33-,36+,37-,38+/m0/s1. The number of methoxy groups -OCH3 is 3. The highest BCUT2D eigenvalue weighted by Crippen LogP contribution is 2.64. The van der Waals surface area contributed by atoms with Crippen molar-refractivity contribution in [3.63, 3.8) is 0 Å². The second-order valence-corrected chi connectivity index (χ2v) is 14.7. The predicted molar refractivity (Wildman–Crippen MR) is 180 cm³/mol. The molecular weight excluding hydrogens is 621 g/mol. The lowest BCUT2D eigenvalue weighted by atomic mass is 9.55. The highest BCUT2D eigenvalue weighted by atomic mass is 19.4. The molecule has 1 fully saturated rings. The van der Waals surface area contributed by atoms with Crippen molar-refractivity contribution >= 4 is 5.97 Å². The van der Waals surface area contributed by atoms with Gasteiger partial charge in [-0.3, -0.25) is 0 Å². The van der Waals surface area contributed by atoms with Crippen molar-refractivity contribution < 1.29 is 42.0 Å². The fourth-order valence-corrected chi connectivity index (χ4v) is 8.03. The Kier molecular flexibility index (Phi) is 10.9. The van der Waals surface area contributed by atoms with E-state index >= 15 is 0 Å². The second-order valence-electron chi connectivity index (χ2n) is 14.7. The maximum Gasteiger partial charge on any atom is 0.432 e. The fourth-order valence-electron chi connectivity index (χ4n) is 8.03. The molecule has 2 aromatic rings. The van der Waals surface area contributed by atoms with Gasteiger partial charge in [0.05, 0.1) is 19.8 Å². The molecule has 0 spiro atoms. The van der Waals surface area contributed by atoms with Gasteiger partial charge in [-0.2, -0.15) is 13.2 Å². The minimum absolute atomic E-state index is 0.138. The Morgan fingerprint density at radius 1 is 1.04 bits per heavy atom. The maximum absolute atomic E-state index is 15.0. The van der Waals surface area contributed by atoms with Crippen LogP contribution in [0.2, 0.25) is 0 Å². The quantitative estimate of drug-likeness (QED) is 0.179. The van der Waals surface area contributed by atoms with Gasteiger partial charge in [-0.05, 0) is 88.5 Å².